The number of hydrogen-bond donors (Lipinski definition) is 1. The molecule has 0 aromatic heterocycles. The third-order valence-electron chi connectivity index (χ3n) is 3.61. The molecule has 0 spiro atoms. The van der Waals surface area contributed by atoms with Crippen LogP contribution in [0.5, 0.6) is 0 Å². The second-order valence-corrected chi connectivity index (χ2v) is 5.91. The van der Waals surface area contributed by atoms with Crippen molar-refractivity contribution in [1.82, 2.24) is 0 Å². The molecular weight excluding hydrogens is 268 g/mol. The highest BCUT2D eigenvalue weighted by molar-refractivity contribution is 5.37. The van der Waals surface area contributed by atoms with E-state index in [4.69, 9.17) is 5.73 Å². The molecule has 0 radical (unpaired) electrons. The number of rotatable bonds is 4. The molecule has 0 saturated carbocycles. The zero-order valence-electron chi connectivity index (χ0n) is 12.7. The van der Waals surface area contributed by atoms with E-state index in [0.717, 1.165) is 6.42 Å². The Morgan fingerprint density at radius 1 is 1.00 bits per heavy atom. The van der Waals surface area contributed by atoms with Gasteiger partial charge in [-0.3, -0.25) is 0 Å². The Morgan fingerprint density at radius 3 is 2.19 bits per heavy atom. The molecule has 2 aromatic rings. The Hall–Kier alpha value is -1.74. The molecule has 0 bridgehead atoms. The van der Waals surface area contributed by atoms with E-state index in [1.54, 1.807) is 6.92 Å². The fourth-order valence-corrected chi connectivity index (χ4v) is 2.46. The molecule has 1 nitrogen and oxygen atoms in total. The van der Waals surface area contributed by atoms with Crippen LogP contribution in [0.15, 0.2) is 36.4 Å². The summed E-state index contributed by atoms with van der Waals surface area (Å²) in [6.07, 6.45) is 0.975. The maximum absolute atomic E-state index is 14.1. The van der Waals surface area contributed by atoms with Gasteiger partial charge in [-0.2, -0.15) is 0 Å². The molecule has 0 fully saturated rings. The fraction of sp³-hybridized carbons (Fsp3) is 0.333. The van der Waals surface area contributed by atoms with Crippen LogP contribution < -0.4 is 5.73 Å². The monoisotopic (exact) mass is 289 g/mol. The molecule has 2 aromatic carbocycles. The minimum Gasteiger partial charge on any atom is -0.320 e. The first-order chi connectivity index (χ1) is 9.90. The van der Waals surface area contributed by atoms with E-state index in [9.17, 15) is 8.78 Å². The highest BCUT2D eigenvalue weighted by atomic mass is 19.1. The third-order valence-corrected chi connectivity index (χ3v) is 3.61. The van der Waals surface area contributed by atoms with Gasteiger partial charge in [-0.25, -0.2) is 8.78 Å². The first kappa shape index (κ1) is 15.6. The van der Waals surface area contributed by atoms with E-state index in [0.29, 0.717) is 17.0 Å². The van der Waals surface area contributed by atoms with Crippen LogP contribution in [0, 0.1) is 24.5 Å². The van der Waals surface area contributed by atoms with Crippen molar-refractivity contribution in [2.45, 2.75) is 33.2 Å². The third kappa shape index (κ3) is 3.48. The van der Waals surface area contributed by atoms with Crippen LogP contribution in [-0.2, 0) is 6.42 Å². The average Bonchev–Trinajstić information content (AvgIpc) is 2.43. The van der Waals surface area contributed by atoms with E-state index in [1.165, 1.54) is 17.7 Å². The Morgan fingerprint density at radius 2 is 1.62 bits per heavy atom. The van der Waals surface area contributed by atoms with Crippen molar-refractivity contribution in [2.75, 3.05) is 0 Å². The lowest BCUT2D eigenvalue weighted by molar-refractivity contribution is 0.538. The predicted octanol–water partition coefficient (Wildman–Crippen LogP) is 4.52. The molecule has 3 heteroatoms. The van der Waals surface area contributed by atoms with Crippen molar-refractivity contribution in [3.05, 3.63) is 70.3 Å². The summed E-state index contributed by atoms with van der Waals surface area (Å²) in [7, 11) is 0. The molecule has 112 valence electrons. The van der Waals surface area contributed by atoms with Gasteiger partial charge < -0.3 is 5.73 Å². The number of nitrogens with two attached hydrogens (primary N) is 1. The molecule has 0 heterocycles. The second kappa shape index (κ2) is 6.35. The lowest BCUT2D eigenvalue weighted by Crippen LogP contribution is -2.16. The van der Waals surface area contributed by atoms with Gasteiger partial charge >= 0.3 is 0 Å². The van der Waals surface area contributed by atoms with Crippen molar-refractivity contribution in [3.63, 3.8) is 0 Å². The summed E-state index contributed by atoms with van der Waals surface area (Å²) in [5, 5.41) is 0. The predicted molar refractivity (Wildman–Crippen MR) is 82.1 cm³/mol. The Kier molecular flexibility index (Phi) is 4.73. The standard InChI is InChI=1S/C18H21F2N/c1-11(2)10-13-5-7-14(8-6-13)18(21)16-15(19)9-4-12(3)17(16)20/h4-9,11,18H,10,21H2,1-3H3. The molecular formula is C18H21F2N. The van der Waals surface area contributed by atoms with Crippen LogP contribution in [0.1, 0.15) is 42.1 Å². The van der Waals surface area contributed by atoms with Gasteiger partial charge in [-0.05, 0) is 42.0 Å². The number of hydrogen-bond acceptors (Lipinski definition) is 1. The summed E-state index contributed by atoms with van der Waals surface area (Å²) in [6.45, 7) is 5.91. The minimum atomic E-state index is -0.794. The maximum Gasteiger partial charge on any atom is 0.134 e. The summed E-state index contributed by atoms with van der Waals surface area (Å²) in [5.74, 6) is -0.596. The van der Waals surface area contributed by atoms with Crippen molar-refractivity contribution in [2.24, 2.45) is 11.7 Å². The van der Waals surface area contributed by atoms with Gasteiger partial charge in [0.2, 0.25) is 0 Å². The van der Waals surface area contributed by atoms with Crippen molar-refractivity contribution >= 4 is 0 Å². The lowest BCUT2D eigenvalue weighted by Gasteiger charge is -2.16. The van der Waals surface area contributed by atoms with Crippen LogP contribution in [-0.4, -0.2) is 0 Å². The normalized spacial score (nSPS) is 12.7. The first-order valence-electron chi connectivity index (χ1n) is 7.19. The van der Waals surface area contributed by atoms with Gasteiger partial charge in [0.05, 0.1) is 6.04 Å². The van der Waals surface area contributed by atoms with Gasteiger partial charge in [-0.1, -0.05) is 44.2 Å². The molecule has 0 aliphatic carbocycles. The van der Waals surface area contributed by atoms with Gasteiger partial charge in [0, 0.05) is 5.56 Å². The van der Waals surface area contributed by atoms with E-state index >= 15 is 0 Å². The number of benzene rings is 2. The summed E-state index contributed by atoms with van der Waals surface area (Å²) in [6, 6.07) is 9.54. The number of aryl methyl sites for hydroxylation is 1. The molecule has 2 rings (SSSR count). The number of halogens is 2. The van der Waals surface area contributed by atoms with Crippen LogP contribution in [0.2, 0.25) is 0 Å². The molecule has 0 aliphatic heterocycles. The van der Waals surface area contributed by atoms with Crippen LogP contribution in [0.4, 0.5) is 8.78 Å². The zero-order valence-corrected chi connectivity index (χ0v) is 12.7. The molecule has 0 amide bonds. The van der Waals surface area contributed by atoms with Gasteiger partial charge in [-0.15, -0.1) is 0 Å². The van der Waals surface area contributed by atoms with Crippen molar-refractivity contribution in [1.29, 1.82) is 0 Å². The molecule has 2 N–H and O–H groups in total. The molecule has 1 unspecified atom stereocenters. The first-order valence-corrected chi connectivity index (χ1v) is 7.19. The smallest absolute Gasteiger partial charge is 0.134 e. The second-order valence-electron chi connectivity index (χ2n) is 5.91. The van der Waals surface area contributed by atoms with E-state index in [2.05, 4.69) is 13.8 Å². The molecule has 1 atom stereocenters. The van der Waals surface area contributed by atoms with Gasteiger partial charge in [0.25, 0.3) is 0 Å². The van der Waals surface area contributed by atoms with E-state index in [1.807, 2.05) is 24.3 Å². The van der Waals surface area contributed by atoms with Crippen molar-refractivity contribution in [3.8, 4) is 0 Å². The Balaban J connectivity index is 2.32. The molecule has 21 heavy (non-hydrogen) atoms. The average molecular weight is 289 g/mol. The summed E-state index contributed by atoms with van der Waals surface area (Å²) in [4.78, 5) is 0. The minimum absolute atomic E-state index is 0.0633. The summed E-state index contributed by atoms with van der Waals surface area (Å²) < 4.78 is 28.0. The largest absolute Gasteiger partial charge is 0.320 e. The maximum atomic E-state index is 14.1. The summed E-state index contributed by atoms with van der Waals surface area (Å²) >= 11 is 0. The van der Waals surface area contributed by atoms with Crippen molar-refractivity contribution < 1.29 is 8.78 Å². The van der Waals surface area contributed by atoms with Crippen LogP contribution in [0.3, 0.4) is 0 Å². The topological polar surface area (TPSA) is 26.0 Å². The lowest BCUT2D eigenvalue weighted by atomic mass is 9.94. The molecule has 0 saturated heterocycles. The van der Waals surface area contributed by atoms with Crippen LogP contribution >= 0.6 is 0 Å². The summed E-state index contributed by atoms with van der Waals surface area (Å²) in [5.41, 5.74) is 8.31. The Labute approximate surface area is 124 Å². The quantitative estimate of drug-likeness (QED) is 0.880. The van der Waals surface area contributed by atoms with Gasteiger partial charge in [0.1, 0.15) is 11.6 Å². The van der Waals surface area contributed by atoms with Gasteiger partial charge in [0.15, 0.2) is 0 Å². The van der Waals surface area contributed by atoms with E-state index < -0.39 is 17.7 Å². The Bertz CT molecular complexity index is 618. The SMILES string of the molecule is Cc1ccc(F)c(C(N)c2ccc(CC(C)C)cc2)c1F. The highest BCUT2D eigenvalue weighted by Crippen LogP contribution is 2.27. The fourth-order valence-electron chi connectivity index (χ4n) is 2.46. The highest BCUT2D eigenvalue weighted by Gasteiger charge is 2.19. The van der Waals surface area contributed by atoms with Crippen LogP contribution in [0.25, 0.3) is 0 Å². The molecule has 0 aliphatic rings. The zero-order chi connectivity index (χ0) is 15.6. The van der Waals surface area contributed by atoms with E-state index in [-0.39, 0.29) is 5.56 Å².